The molecule has 0 unspecified atom stereocenters. The first-order valence-corrected chi connectivity index (χ1v) is 39.3. The fourth-order valence-corrected chi connectivity index (χ4v) is 16.6. The van der Waals surface area contributed by atoms with Gasteiger partial charge in [-0.25, -0.2) is 0 Å². The zero-order valence-corrected chi connectivity index (χ0v) is 66.1. The largest absolute Gasteiger partial charge is 0.417 e. The Hall–Kier alpha value is -7.36. The number of alkyl halides is 3. The van der Waals surface area contributed by atoms with Crippen LogP contribution in [0.15, 0.2) is 29.8 Å². The summed E-state index contributed by atoms with van der Waals surface area (Å²) in [4.78, 5) is 193. The molecule has 12 amide bonds. The van der Waals surface area contributed by atoms with Gasteiger partial charge in [0.2, 0.25) is 70.9 Å². The summed E-state index contributed by atoms with van der Waals surface area (Å²) in [5.74, 6) is -9.04. The smallest absolute Gasteiger partial charge is 0.381 e. The summed E-state index contributed by atoms with van der Waals surface area (Å²) in [6.45, 7) is 7.17. The van der Waals surface area contributed by atoms with Crippen LogP contribution in [0.5, 0.6) is 0 Å². The van der Waals surface area contributed by atoms with E-state index in [1.165, 1.54) is 86.9 Å². The van der Waals surface area contributed by atoms with Gasteiger partial charge in [0.25, 0.3) is 0 Å². The van der Waals surface area contributed by atoms with Gasteiger partial charge in [-0.1, -0.05) is 128 Å². The minimum Gasteiger partial charge on any atom is -0.381 e. The first-order valence-electron chi connectivity index (χ1n) is 39.0. The number of amides is 12. The maximum atomic E-state index is 16.0. The number of likely N-dealkylation sites (N-methyl/N-ethyl adjacent to an activating group) is 8. The van der Waals surface area contributed by atoms with Gasteiger partial charge in [-0.05, 0) is 131 Å². The fraction of sp³-hybridized carbons (Fsp3) is 0.744. The Balaban J connectivity index is 1.34. The third-order valence-corrected chi connectivity index (χ3v) is 23.7. The van der Waals surface area contributed by atoms with Gasteiger partial charge in [-0.15, -0.1) is 0 Å². The van der Waals surface area contributed by atoms with Gasteiger partial charge in [-0.3, -0.25) is 57.5 Å². The molecule has 0 bridgehead atoms. The maximum Gasteiger partial charge on any atom is 0.417 e. The van der Waals surface area contributed by atoms with Crippen LogP contribution < -0.4 is 16.0 Å². The monoisotopic (exact) mass is 1520 g/mol. The molecule has 1 aromatic carbocycles. The molecule has 29 heteroatoms. The quantitative estimate of drug-likeness (QED) is 0.163. The first-order chi connectivity index (χ1) is 50.6. The molecule has 6 aliphatic rings. The summed E-state index contributed by atoms with van der Waals surface area (Å²) in [6.07, 6.45) is 9.02. The van der Waals surface area contributed by atoms with E-state index in [1.807, 2.05) is 26.8 Å². The Morgan fingerprint density at radius 3 is 1.82 bits per heavy atom. The minimum atomic E-state index is -4.78. The number of nitrogens with zero attached hydrogens (tertiary/aromatic N) is 9. The van der Waals surface area contributed by atoms with Crippen LogP contribution in [-0.4, -0.2) is 265 Å². The number of aryl methyl sites for hydroxylation is 1. The number of piperidine rings is 1. The van der Waals surface area contributed by atoms with Crippen LogP contribution in [0, 0.1) is 23.7 Å². The third-order valence-electron chi connectivity index (χ3n) is 23.4. The van der Waals surface area contributed by atoms with Crippen LogP contribution >= 0.6 is 11.6 Å². The zero-order valence-electron chi connectivity index (χ0n) is 65.3. The molecule has 8 atom stereocenters. The number of halogens is 4. The summed E-state index contributed by atoms with van der Waals surface area (Å²) in [7, 11) is 11.4. The van der Waals surface area contributed by atoms with Gasteiger partial charge in [0, 0.05) is 69.5 Å². The van der Waals surface area contributed by atoms with E-state index >= 15 is 28.8 Å². The zero-order chi connectivity index (χ0) is 78.8. The van der Waals surface area contributed by atoms with Crippen molar-refractivity contribution < 1.29 is 75.4 Å². The highest BCUT2D eigenvalue weighted by molar-refractivity contribution is 6.31. The number of likely N-dealkylation sites (tertiary alicyclic amines) is 1. The molecule has 598 valence electrons. The Morgan fingerprint density at radius 2 is 1.22 bits per heavy atom. The molecule has 3 aliphatic carbocycles. The summed E-state index contributed by atoms with van der Waals surface area (Å²) in [6, 6.07) is -5.91. The Labute approximate surface area is 635 Å². The molecule has 3 aliphatic heterocycles. The summed E-state index contributed by atoms with van der Waals surface area (Å²) < 4.78 is 47.7. The van der Waals surface area contributed by atoms with Crippen molar-refractivity contribution in [2.75, 3.05) is 102 Å². The van der Waals surface area contributed by atoms with Crippen molar-refractivity contribution in [2.24, 2.45) is 23.7 Å². The lowest BCUT2D eigenvalue weighted by Gasteiger charge is -2.43. The molecular formula is C78H120ClF3N12O13. The number of benzene rings is 1. The van der Waals surface area contributed by atoms with Gasteiger partial charge in [0.05, 0.1) is 49.9 Å². The molecule has 7 rings (SSSR count). The number of carbonyl (C=O) groups is 12. The maximum absolute atomic E-state index is 16.0. The van der Waals surface area contributed by atoms with Crippen molar-refractivity contribution in [1.29, 1.82) is 0 Å². The van der Waals surface area contributed by atoms with E-state index in [4.69, 9.17) is 16.3 Å². The van der Waals surface area contributed by atoms with E-state index in [-0.39, 0.29) is 62.3 Å². The molecule has 3 saturated heterocycles. The Bertz CT molecular complexity index is 3330. The minimum absolute atomic E-state index is 0.00335. The topological polar surface area (TPSA) is 279 Å². The lowest BCUT2D eigenvalue weighted by molar-refractivity contribution is -0.157. The second kappa shape index (κ2) is 39.8. The van der Waals surface area contributed by atoms with Crippen molar-refractivity contribution in [3.63, 3.8) is 0 Å². The van der Waals surface area contributed by atoms with Crippen LogP contribution in [0.1, 0.15) is 199 Å². The molecule has 3 heterocycles. The standard InChI is InChI=1S/C78H120ClF3N12O13/c1-13-51(4)67-74(104)88(7)48-65(97)86(5)49-66(98)90(9)61(45-53-25-17-14-18-26-53)72(102)87(6)47-63(95)83-58(33-30-54-29-32-56(57(79)44-54)78(80,81)82)71(101)91(10)59(34-31-52-35-41-107-42-36-52)70(100)85-77(37-21-22-38-77)76(106)93(12)68(55-27-19-15-20-28-55)75(105)92(11)62(73(103)94-39-23-16-24-40-94)46-64(96)89(8)60(43-50(2)3)69(99)84-67/h29,31-32,44,50-51,53,55,58-62,67-68H,13-28,30,33-43,45-49H2,1-12H3,(H,83,95)(H,84,99)(H,85,100)/t51-,58-,59-,60-,61-,62-,67-,68-/m0/s1. The van der Waals surface area contributed by atoms with E-state index in [2.05, 4.69) is 16.0 Å². The normalized spacial score (nSPS) is 26.3. The Morgan fingerprint density at radius 1 is 0.636 bits per heavy atom. The predicted molar refractivity (Wildman–Crippen MR) is 398 cm³/mol. The van der Waals surface area contributed by atoms with Crippen molar-refractivity contribution in [3.05, 3.63) is 46.0 Å². The molecule has 25 nitrogen and oxygen atoms in total. The molecule has 3 N–H and O–H groups in total. The lowest BCUT2D eigenvalue weighted by Crippen LogP contribution is -2.65. The molecule has 1 aromatic rings. The van der Waals surface area contributed by atoms with Crippen LogP contribution in [0.4, 0.5) is 13.2 Å². The van der Waals surface area contributed by atoms with E-state index in [0.29, 0.717) is 84.1 Å². The van der Waals surface area contributed by atoms with Crippen molar-refractivity contribution >= 4 is 82.5 Å². The van der Waals surface area contributed by atoms with Crippen molar-refractivity contribution in [3.8, 4) is 0 Å². The van der Waals surface area contributed by atoms with Gasteiger partial charge in [-0.2, -0.15) is 13.2 Å². The Kier molecular flexibility index (Phi) is 32.3. The van der Waals surface area contributed by atoms with Gasteiger partial charge < -0.3 is 64.8 Å². The molecule has 3 saturated carbocycles. The summed E-state index contributed by atoms with van der Waals surface area (Å²) >= 11 is 6.22. The lowest BCUT2D eigenvalue weighted by atomic mass is 9.81. The second-order valence-corrected chi connectivity index (χ2v) is 32.1. The van der Waals surface area contributed by atoms with Gasteiger partial charge in [0.15, 0.2) is 0 Å². The average Bonchev–Trinajstić information content (AvgIpc) is 1.47. The first kappa shape index (κ1) is 86.9. The highest BCUT2D eigenvalue weighted by Gasteiger charge is 2.51. The van der Waals surface area contributed by atoms with Gasteiger partial charge >= 0.3 is 6.18 Å². The average molecular weight is 1530 g/mol. The second-order valence-electron chi connectivity index (χ2n) is 31.7. The number of hydrogen-bond donors (Lipinski definition) is 3. The molecule has 6 fully saturated rings. The number of carbonyl (C=O) groups excluding carboxylic acids is 12. The van der Waals surface area contributed by atoms with Crippen LogP contribution in [0.25, 0.3) is 0 Å². The molecule has 1 spiro atoms. The van der Waals surface area contributed by atoms with E-state index in [9.17, 15) is 41.9 Å². The van der Waals surface area contributed by atoms with Crippen LogP contribution in [0.3, 0.4) is 0 Å². The predicted octanol–water partition coefficient (Wildman–Crippen LogP) is 7.39. The molecule has 0 aromatic heterocycles. The molecule has 0 radical (unpaired) electrons. The number of rotatable bonds is 13. The van der Waals surface area contributed by atoms with E-state index < -0.39 is 173 Å². The fourth-order valence-electron chi connectivity index (χ4n) is 16.3. The van der Waals surface area contributed by atoms with E-state index in [0.717, 1.165) is 90.2 Å². The SMILES string of the molecule is CC[C@H](C)[C@@H]1NC(=O)[C@H](CC(C)C)N(C)C(=O)C[C@@H](C(=O)N2CCCCC2)N(C)C(=O)[C@H](C2CCCCC2)N(C)C(=O)C2(CCCC2)NC(=O)[C@H](CC=C2CCOCC2)N(C)C(=O)[C@H](CCc2ccc(C(F)(F)F)c(Cl)c2)NC(=O)CN(C)C(=O)[C@H](CC2CCCCC2)N(C)C(=O)CN(C)C(=O)CN(C)C1=O. The van der Waals surface area contributed by atoms with Crippen molar-refractivity contribution in [1.82, 2.24) is 60.0 Å². The van der Waals surface area contributed by atoms with Crippen molar-refractivity contribution in [2.45, 2.75) is 249 Å². The number of nitrogens with one attached hydrogen (secondary N) is 3. The number of ether oxygens (including phenoxy) is 1. The highest BCUT2D eigenvalue weighted by Crippen LogP contribution is 2.38. The van der Waals surface area contributed by atoms with E-state index in [1.54, 1.807) is 11.8 Å². The number of hydrogen-bond acceptors (Lipinski definition) is 13. The third kappa shape index (κ3) is 23.1. The molecule has 107 heavy (non-hydrogen) atoms. The van der Waals surface area contributed by atoms with Gasteiger partial charge in [0.1, 0.15) is 47.8 Å². The highest BCUT2D eigenvalue weighted by atomic mass is 35.5. The summed E-state index contributed by atoms with van der Waals surface area (Å²) in [5.41, 5.74) is -1.50. The molecular weight excluding hydrogens is 1410 g/mol. The summed E-state index contributed by atoms with van der Waals surface area (Å²) in [5, 5.41) is 8.25. The van der Waals surface area contributed by atoms with Crippen LogP contribution in [0.2, 0.25) is 5.02 Å². The van der Waals surface area contributed by atoms with Crippen LogP contribution in [-0.2, 0) is 74.9 Å².